The molecule has 1 fully saturated rings. The lowest BCUT2D eigenvalue weighted by molar-refractivity contribution is 0.0914. The van der Waals surface area contributed by atoms with E-state index in [2.05, 4.69) is 29.6 Å². The van der Waals surface area contributed by atoms with Crippen molar-refractivity contribution in [2.24, 2.45) is 11.7 Å². The maximum Gasteiger partial charge on any atom is 0.469 e. The minimum Gasteiger partial charge on any atom is -0.381 e. The number of hydrogen-bond acceptors (Lipinski definition) is 4. The number of aryl methyl sites for hydroxylation is 1. The predicted octanol–water partition coefficient (Wildman–Crippen LogP) is 4.07. The maximum absolute atomic E-state index is 11.0. The average Bonchev–Trinajstić information content (AvgIpc) is 3.08. The first kappa shape index (κ1) is 22.9. The summed E-state index contributed by atoms with van der Waals surface area (Å²) in [6, 6.07) is 6.80. The van der Waals surface area contributed by atoms with Crippen molar-refractivity contribution in [1.29, 1.82) is 0 Å². The number of benzene rings is 1. The van der Waals surface area contributed by atoms with Crippen molar-refractivity contribution in [3.05, 3.63) is 34.9 Å². The van der Waals surface area contributed by atoms with Crippen molar-refractivity contribution in [2.75, 3.05) is 19.8 Å². The third-order valence-corrected chi connectivity index (χ3v) is 6.91. The molecule has 2 aliphatic rings. The Kier molecular flexibility index (Phi) is 7.94. The molecule has 6 nitrogen and oxygen atoms in total. The summed E-state index contributed by atoms with van der Waals surface area (Å²) in [4.78, 5) is 17.9. The summed E-state index contributed by atoms with van der Waals surface area (Å²) in [6.07, 6.45) is 9.32. The molecule has 0 radical (unpaired) electrons. The summed E-state index contributed by atoms with van der Waals surface area (Å²) >= 11 is 0. The monoisotopic (exact) mass is 425 g/mol. The highest BCUT2D eigenvalue weighted by atomic mass is 31.2. The summed E-state index contributed by atoms with van der Waals surface area (Å²) in [7, 11) is -4.48. The molecule has 29 heavy (non-hydrogen) atoms. The van der Waals surface area contributed by atoms with E-state index in [4.69, 9.17) is 20.3 Å². The second kappa shape index (κ2) is 10.0. The molecule has 1 unspecified atom stereocenters. The standard InChI is InChI=1S/C22H36NO5P/c1-2-3-4-11-27-15-17-5-6-19-13-20(8-7-18(19)12-17)21-9-10-22(23,14-21)16-28-29(24,25)26/h7-8,13,17,21H,2-6,9-12,14-16,23H2,1H3,(H2,24,25,26)/t17?,21-,22+/m0/s1. The van der Waals surface area contributed by atoms with Crippen LogP contribution in [0.3, 0.4) is 0 Å². The van der Waals surface area contributed by atoms with Gasteiger partial charge in [-0.05, 0) is 73.5 Å². The largest absolute Gasteiger partial charge is 0.469 e. The molecule has 0 aliphatic heterocycles. The summed E-state index contributed by atoms with van der Waals surface area (Å²) in [5, 5.41) is 0. The first-order chi connectivity index (χ1) is 13.8. The lowest BCUT2D eigenvalue weighted by Crippen LogP contribution is -2.41. The molecule has 2 aliphatic carbocycles. The van der Waals surface area contributed by atoms with Crippen molar-refractivity contribution in [1.82, 2.24) is 0 Å². The molecule has 1 aromatic carbocycles. The first-order valence-electron chi connectivity index (χ1n) is 11.0. The molecule has 0 aromatic heterocycles. The Labute approximate surface area is 174 Å². The molecule has 1 saturated carbocycles. The molecule has 3 rings (SSSR count). The highest BCUT2D eigenvalue weighted by molar-refractivity contribution is 7.46. The third-order valence-electron chi connectivity index (χ3n) is 6.44. The zero-order chi connectivity index (χ0) is 20.9. The second-order valence-corrected chi connectivity index (χ2v) is 10.2. The van der Waals surface area contributed by atoms with E-state index in [1.807, 2.05) is 0 Å². The van der Waals surface area contributed by atoms with Gasteiger partial charge in [0.15, 0.2) is 0 Å². The van der Waals surface area contributed by atoms with Gasteiger partial charge in [-0.1, -0.05) is 38.0 Å². The van der Waals surface area contributed by atoms with Gasteiger partial charge in [-0.3, -0.25) is 4.52 Å². The van der Waals surface area contributed by atoms with Crippen molar-refractivity contribution >= 4 is 7.82 Å². The van der Waals surface area contributed by atoms with E-state index in [1.165, 1.54) is 36.0 Å². The average molecular weight is 426 g/mol. The van der Waals surface area contributed by atoms with Crippen LogP contribution in [0.2, 0.25) is 0 Å². The Morgan fingerprint density at radius 1 is 1.24 bits per heavy atom. The fourth-order valence-electron chi connectivity index (χ4n) is 4.74. The minimum atomic E-state index is -4.48. The molecule has 164 valence electrons. The third kappa shape index (κ3) is 6.88. The SMILES string of the molecule is CCCCCOCC1CCc2cc([C@H]3CC[C@](N)(COP(=O)(O)O)C3)ccc2C1. The molecule has 0 amide bonds. The van der Waals surface area contributed by atoms with E-state index in [0.717, 1.165) is 38.9 Å². The molecular formula is C22H36NO5P. The van der Waals surface area contributed by atoms with Crippen LogP contribution in [-0.4, -0.2) is 35.1 Å². The van der Waals surface area contributed by atoms with Gasteiger partial charge < -0.3 is 20.3 Å². The Morgan fingerprint density at radius 2 is 2.07 bits per heavy atom. The molecule has 3 atom stereocenters. The maximum atomic E-state index is 11.0. The van der Waals surface area contributed by atoms with Crippen LogP contribution >= 0.6 is 7.82 Å². The molecule has 4 N–H and O–H groups in total. The van der Waals surface area contributed by atoms with Gasteiger partial charge in [0.2, 0.25) is 0 Å². The van der Waals surface area contributed by atoms with E-state index in [9.17, 15) is 4.57 Å². The van der Waals surface area contributed by atoms with Crippen molar-refractivity contribution < 1.29 is 23.6 Å². The topological polar surface area (TPSA) is 102 Å². The Bertz CT molecular complexity index is 721. The van der Waals surface area contributed by atoms with Crippen molar-refractivity contribution in [2.45, 2.75) is 76.2 Å². The van der Waals surface area contributed by atoms with E-state index < -0.39 is 13.4 Å². The number of ether oxygens (including phenoxy) is 1. The molecular weight excluding hydrogens is 389 g/mol. The van der Waals surface area contributed by atoms with E-state index in [0.29, 0.717) is 24.7 Å². The highest BCUT2D eigenvalue weighted by Gasteiger charge is 2.38. The zero-order valence-corrected chi connectivity index (χ0v) is 18.4. The van der Waals surface area contributed by atoms with E-state index in [-0.39, 0.29) is 6.61 Å². The fraction of sp³-hybridized carbons (Fsp3) is 0.727. The molecule has 0 bridgehead atoms. The lowest BCUT2D eigenvalue weighted by atomic mass is 9.82. The fourth-order valence-corrected chi connectivity index (χ4v) is 5.16. The van der Waals surface area contributed by atoms with Crippen LogP contribution in [0.15, 0.2) is 18.2 Å². The van der Waals surface area contributed by atoms with Gasteiger partial charge >= 0.3 is 7.82 Å². The quantitative estimate of drug-likeness (QED) is 0.386. The van der Waals surface area contributed by atoms with Gasteiger partial charge in [-0.25, -0.2) is 4.57 Å². The normalized spacial score (nSPS) is 27.2. The number of phosphoric ester groups is 1. The molecule has 1 aromatic rings. The minimum absolute atomic E-state index is 0.0986. The van der Waals surface area contributed by atoms with Crippen molar-refractivity contribution in [3.8, 4) is 0 Å². The van der Waals surface area contributed by atoms with Crippen LogP contribution in [0.1, 0.15) is 74.5 Å². The predicted molar refractivity (Wildman–Crippen MR) is 114 cm³/mol. The summed E-state index contributed by atoms with van der Waals surface area (Å²) in [5.74, 6) is 0.938. The van der Waals surface area contributed by atoms with Gasteiger partial charge in [0.05, 0.1) is 6.61 Å². The second-order valence-electron chi connectivity index (χ2n) is 8.99. The van der Waals surface area contributed by atoms with Crippen LogP contribution in [0.5, 0.6) is 0 Å². The molecule has 0 heterocycles. The van der Waals surface area contributed by atoms with Crippen molar-refractivity contribution in [3.63, 3.8) is 0 Å². The van der Waals surface area contributed by atoms with Gasteiger partial charge in [0.25, 0.3) is 0 Å². The number of phosphoric acid groups is 1. The molecule has 0 saturated heterocycles. The summed E-state index contributed by atoms with van der Waals surface area (Å²) < 4.78 is 21.6. The van der Waals surface area contributed by atoms with Crippen LogP contribution in [-0.2, 0) is 26.7 Å². The van der Waals surface area contributed by atoms with Gasteiger partial charge in [0, 0.05) is 18.8 Å². The Hall–Kier alpha value is -0.750. The summed E-state index contributed by atoms with van der Waals surface area (Å²) in [6.45, 7) is 3.85. The Morgan fingerprint density at radius 3 is 2.83 bits per heavy atom. The zero-order valence-electron chi connectivity index (χ0n) is 17.5. The van der Waals surface area contributed by atoms with Crippen LogP contribution in [0.25, 0.3) is 0 Å². The van der Waals surface area contributed by atoms with E-state index >= 15 is 0 Å². The van der Waals surface area contributed by atoms with Gasteiger partial charge in [-0.15, -0.1) is 0 Å². The van der Waals surface area contributed by atoms with Gasteiger partial charge in [0.1, 0.15) is 0 Å². The molecule has 7 heteroatoms. The number of hydrogen-bond donors (Lipinski definition) is 3. The number of fused-ring (bicyclic) bond motifs is 1. The summed E-state index contributed by atoms with van der Waals surface area (Å²) in [5.41, 5.74) is 9.84. The van der Waals surface area contributed by atoms with Crippen LogP contribution < -0.4 is 5.73 Å². The van der Waals surface area contributed by atoms with Crippen LogP contribution in [0.4, 0.5) is 0 Å². The smallest absolute Gasteiger partial charge is 0.381 e. The number of nitrogens with two attached hydrogens (primary N) is 1. The van der Waals surface area contributed by atoms with E-state index in [1.54, 1.807) is 0 Å². The first-order valence-corrected chi connectivity index (χ1v) is 12.5. The lowest BCUT2D eigenvalue weighted by Gasteiger charge is -2.26. The molecule has 0 spiro atoms. The van der Waals surface area contributed by atoms with Gasteiger partial charge in [-0.2, -0.15) is 0 Å². The van der Waals surface area contributed by atoms with Crippen LogP contribution in [0, 0.1) is 5.92 Å². The number of rotatable bonds is 10. The number of unbranched alkanes of at least 4 members (excludes halogenated alkanes) is 2. The Balaban J connectivity index is 1.52. The highest BCUT2D eigenvalue weighted by Crippen LogP contribution is 2.44.